The molecule has 0 radical (unpaired) electrons. The Hall–Kier alpha value is -1.75. The van der Waals surface area contributed by atoms with Crippen LogP contribution < -0.4 is 16.6 Å². The van der Waals surface area contributed by atoms with Crippen LogP contribution >= 0.6 is 12.4 Å². The number of sulfonamides is 1. The summed E-state index contributed by atoms with van der Waals surface area (Å²) in [5.41, 5.74) is -1.29. The van der Waals surface area contributed by atoms with Gasteiger partial charge < -0.3 is 5.32 Å². The highest BCUT2D eigenvalue weighted by molar-refractivity contribution is 7.89. The first kappa shape index (κ1) is 18.6. The van der Waals surface area contributed by atoms with Crippen molar-refractivity contribution in [1.29, 1.82) is 0 Å². The van der Waals surface area contributed by atoms with Crippen molar-refractivity contribution >= 4 is 33.5 Å². The van der Waals surface area contributed by atoms with E-state index >= 15 is 0 Å². The molecule has 3 rings (SSSR count). The van der Waals surface area contributed by atoms with Crippen molar-refractivity contribution in [2.24, 2.45) is 0 Å². The van der Waals surface area contributed by atoms with E-state index in [1.165, 1.54) is 10.4 Å². The number of H-pyrrole nitrogens is 2. The molecule has 3 heterocycles. The smallest absolute Gasteiger partial charge is 0.316 e. The Morgan fingerprint density at radius 3 is 2.79 bits per heavy atom. The zero-order chi connectivity index (χ0) is 16.6. The summed E-state index contributed by atoms with van der Waals surface area (Å²) in [7, 11) is -1.94. The molecule has 0 amide bonds. The molecule has 1 atom stereocenters. The fourth-order valence-electron chi connectivity index (χ4n) is 2.71. The van der Waals surface area contributed by atoms with Crippen LogP contribution in [0.2, 0.25) is 0 Å². The Kier molecular flexibility index (Phi) is 5.43. The standard InChI is InChI=1S/C13H17N5O4S.ClH/c1-14-8-3-2-4-18(7-8)23(21,22)9-5-10-11(15-6-9)16-13(20)17-12(10)19;/h5-6,8,14H,2-4,7H2,1H3,(H2,15,16,17,19,20);1H. The molecular formula is C13H18ClN5O4S. The predicted octanol–water partition coefficient (Wildman–Crippen LogP) is -0.594. The maximum atomic E-state index is 12.7. The van der Waals surface area contributed by atoms with Gasteiger partial charge in [-0.25, -0.2) is 18.2 Å². The van der Waals surface area contributed by atoms with E-state index in [0.29, 0.717) is 13.1 Å². The first-order valence-electron chi connectivity index (χ1n) is 7.21. The van der Waals surface area contributed by atoms with Gasteiger partial charge in [0.1, 0.15) is 10.5 Å². The van der Waals surface area contributed by atoms with Crippen molar-refractivity contribution in [1.82, 2.24) is 24.6 Å². The maximum Gasteiger partial charge on any atom is 0.327 e. The molecule has 3 N–H and O–H groups in total. The van der Waals surface area contributed by atoms with E-state index in [4.69, 9.17) is 0 Å². The fraction of sp³-hybridized carbons (Fsp3) is 0.462. The van der Waals surface area contributed by atoms with E-state index in [1.54, 1.807) is 7.05 Å². The Labute approximate surface area is 144 Å². The summed E-state index contributed by atoms with van der Waals surface area (Å²) >= 11 is 0. The summed E-state index contributed by atoms with van der Waals surface area (Å²) in [6.45, 7) is 0.805. The van der Waals surface area contributed by atoms with Crippen LogP contribution in [0.15, 0.2) is 26.7 Å². The van der Waals surface area contributed by atoms with Gasteiger partial charge in [0.15, 0.2) is 0 Å². The van der Waals surface area contributed by atoms with Crippen LogP contribution in [0.4, 0.5) is 0 Å². The third-order valence-corrected chi connectivity index (χ3v) is 5.83. The minimum absolute atomic E-state index is 0. The number of halogens is 1. The molecule has 9 nitrogen and oxygen atoms in total. The van der Waals surface area contributed by atoms with Crippen LogP contribution in [-0.2, 0) is 10.0 Å². The average Bonchev–Trinajstić information content (AvgIpc) is 2.54. The summed E-state index contributed by atoms with van der Waals surface area (Å²) < 4.78 is 26.9. The number of rotatable bonds is 3. The van der Waals surface area contributed by atoms with Crippen molar-refractivity contribution in [3.63, 3.8) is 0 Å². The number of hydrogen-bond acceptors (Lipinski definition) is 6. The lowest BCUT2D eigenvalue weighted by atomic mass is 10.1. The van der Waals surface area contributed by atoms with E-state index in [9.17, 15) is 18.0 Å². The van der Waals surface area contributed by atoms with Crippen molar-refractivity contribution in [2.75, 3.05) is 20.1 Å². The van der Waals surface area contributed by atoms with Gasteiger partial charge in [-0.1, -0.05) is 0 Å². The van der Waals surface area contributed by atoms with Crippen molar-refractivity contribution in [3.05, 3.63) is 33.1 Å². The molecule has 2 aromatic heterocycles. The van der Waals surface area contributed by atoms with Crippen molar-refractivity contribution < 1.29 is 8.42 Å². The number of pyridine rings is 1. The molecule has 2 aromatic rings. The molecule has 0 aliphatic carbocycles. The highest BCUT2D eigenvalue weighted by Crippen LogP contribution is 2.21. The van der Waals surface area contributed by atoms with Gasteiger partial charge >= 0.3 is 5.69 Å². The number of aromatic nitrogens is 3. The Bertz CT molecular complexity index is 955. The molecule has 11 heteroatoms. The summed E-state index contributed by atoms with van der Waals surface area (Å²) in [6, 6.07) is 1.35. The number of aromatic amines is 2. The summed E-state index contributed by atoms with van der Waals surface area (Å²) in [6.07, 6.45) is 2.84. The topological polar surface area (TPSA) is 128 Å². The van der Waals surface area contributed by atoms with E-state index in [0.717, 1.165) is 19.0 Å². The highest BCUT2D eigenvalue weighted by Gasteiger charge is 2.30. The number of fused-ring (bicyclic) bond motifs is 1. The van der Waals surface area contributed by atoms with Gasteiger partial charge in [0.25, 0.3) is 5.56 Å². The van der Waals surface area contributed by atoms with Gasteiger partial charge in [-0.3, -0.25) is 14.8 Å². The molecule has 0 saturated carbocycles. The van der Waals surface area contributed by atoms with Gasteiger partial charge in [-0.15, -0.1) is 12.4 Å². The lowest BCUT2D eigenvalue weighted by Gasteiger charge is -2.31. The molecule has 0 spiro atoms. The number of nitrogens with one attached hydrogen (secondary N) is 3. The van der Waals surface area contributed by atoms with Gasteiger partial charge in [-0.2, -0.15) is 4.31 Å². The molecule has 24 heavy (non-hydrogen) atoms. The number of likely N-dealkylation sites (N-methyl/N-ethyl adjacent to an activating group) is 1. The lowest BCUT2D eigenvalue weighted by Crippen LogP contribution is -2.46. The number of piperidine rings is 1. The summed E-state index contributed by atoms with van der Waals surface area (Å²) in [4.78, 5) is 31.3. The molecule has 1 saturated heterocycles. The number of nitrogens with zero attached hydrogens (tertiary/aromatic N) is 2. The molecule has 0 bridgehead atoms. The molecular weight excluding hydrogens is 358 g/mol. The Morgan fingerprint density at radius 1 is 1.33 bits per heavy atom. The second-order valence-electron chi connectivity index (χ2n) is 5.47. The third-order valence-electron chi connectivity index (χ3n) is 4.00. The van der Waals surface area contributed by atoms with Gasteiger partial charge in [0.2, 0.25) is 10.0 Å². The van der Waals surface area contributed by atoms with Crippen LogP contribution in [0.1, 0.15) is 12.8 Å². The van der Waals surface area contributed by atoms with Crippen molar-refractivity contribution in [3.8, 4) is 0 Å². The largest absolute Gasteiger partial charge is 0.327 e. The van der Waals surface area contributed by atoms with E-state index in [1.807, 2.05) is 0 Å². The quantitative estimate of drug-likeness (QED) is 0.657. The van der Waals surface area contributed by atoms with Crippen LogP contribution in [0.3, 0.4) is 0 Å². The second kappa shape index (κ2) is 7.01. The summed E-state index contributed by atoms with van der Waals surface area (Å²) in [5.74, 6) is 0. The predicted molar refractivity (Wildman–Crippen MR) is 91.1 cm³/mol. The second-order valence-corrected chi connectivity index (χ2v) is 7.40. The van der Waals surface area contributed by atoms with Crippen LogP contribution in [0.5, 0.6) is 0 Å². The maximum absolute atomic E-state index is 12.7. The molecule has 1 aliphatic heterocycles. The zero-order valence-corrected chi connectivity index (χ0v) is 14.5. The monoisotopic (exact) mass is 375 g/mol. The first-order valence-corrected chi connectivity index (χ1v) is 8.65. The van der Waals surface area contributed by atoms with Gasteiger partial charge in [0.05, 0.1) is 5.39 Å². The van der Waals surface area contributed by atoms with Gasteiger partial charge in [0, 0.05) is 25.3 Å². The Morgan fingerprint density at radius 2 is 2.08 bits per heavy atom. The minimum Gasteiger partial charge on any atom is -0.316 e. The molecule has 1 unspecified atom stereocenters. The van der Waals surface area contributed by atoms with Crippen LogP contribution in [-0.4, -0.2) is 53.9 Å². The molecule has 0 aromatic carbocycles. The highest BCUT2D eigenvalue weighted by atomic mass is 35.5. The average molecular weight is 376 g/mol. The van der Waals surface area contributed by atoms with Gasteiger partial charge in [-0.05, 0) is 26.0 Å². The SMILES string of the molecule is CNC1CCCN(S(=O)(=O)c2cnc3[nH]c(=O)[nH]c(=O)c3c2)C1.Cl. The molecule has 132 valence electrons. The normalized spacial score (nSPS) is 19.1. The summed E-state index contributed by atoms with van der Waals surface area (Å²) in [5, 5.41) is 3.12. The lowest BCUT2D eigenvalue weighted by molar-refractivity contribution is 0.293. The van der Waals surface area contributed by atoms with Crippen LogP contribution in [0.25, 0.3) is 11.0 Å². The third kappa shape index (κ3) is 3.36. The van der Waals surface area contributed by atoms with E-state index in [2.05, 4.69) is 20.3 Å². The molecule has 1 aliphatic rings. The fourth-order valence-corrected chi connectivity index (χ4v) is 4.21. The first-order chi connectivity index (χ1) is 10.9. The van der Waals surface area contributed by atoms with Crippen molar-refractivity contribution in [2.45, 2.75) is 23.8 Å². The Balaban J connectivity index is 0.00000208. The number of hydrogen-bond donors (Lipinski definition) is 3. The van der Waals surface area contributed by atoms with E-state index < -0.39 is 21.3 Å². The van der Waals surface area contributed by atoms with Crippen LogP contribution in [0, 0.1) is 0 Å². The molecule has 1 fully saturated rings. The van der Waals surface area contributed by atoms with E-state index in [-0.39, 0.29) is 34.4 Å². The zero-order valence-electron chi connectivity index (χ0n) is 12.9. The minimum atomic E-state index is -3.74.